The highest BCUT2D eigenvalue weighted by Crippen LogP contribution is 2.30. The van der Waals surface area contributed by atoms with Crippen molar-refractivity contribution in [2.75, 3.05) is 10.5 Å². The maximum absolute atomic E-state index is 12.4. The summed E-state index contributed by atoms with van der Waals surface area (Å²) in [7, 11) is -3.36. The van der Waals surface area contributed by atoms with E-state index in [0.717, 1.165) is 22.6 Å². The smallest absolute Gasteiger partial charge is 0.269 e. The van der Waals surface area contributed by atoms with Gasteiger partial charge in [-0.05, 0) is 42.8 Å². The number of hydrogen-bond acceptors (Lipinski definition) is 5. The molecule has 6 nitrogen and oxygen atoms in total. The number of unbranched alkanes of at least 4 members (excludes halogenated alkanes) is 13. The van der Waals surface area contributed by atoms with Crippen LogP contribution in [0.25, 0.3) is 0 Å². The number of nitro groups is 1. The highest BCUT2D eigenvalue weighted by atomic mass is 32.2. The first kappa shape index (κ1) is 30.2. The van der Waals surface area contributed by atoms with Gasteiger partial charge in [0.05, 0.1) is 10.7 Å². The molecule has 0 unspecified atom stereocenters. The van der Waals surface area contributed by atoms with E-state index in [9.17, 15) is 18.5 Å². The number of sulfonamides is 1. The number of hydrogen-bond donors (Lipinski definition) is 1. The fourth-order valence-corrected chi connectivity index (χ4v) is 6.08. The van der Waals surface area contributed by atoms with E-state index in [-0.39, 0.29) is 11.4 Å². The quantitative estimate of drug-likeness (QED) is 0.104. The van der Waals surface area contributed by atoms with E-state index in [2.05, 4.69) is 11.6 Å². The van der Waals surface area contributed by atoms with E-state index in [4.69, 9.17) is 0 Å². The molecule has 0 aliphatic carbocycles. The monoisotopic (exact) mass is 534 g/mol. The number of nitro benzene ring substituents is 1. The number of rotatable bonds is 20. The summed E-state index contributed by atoms with van der Waals surface area (Å²) < 4.78 is 27.5. The SMILES string of the molecule is CCCCCCCCCCCCCCCCS(=O)(=O)Nc1ccc(Sc2ccc([N+](=O)[O-])cc2)cc1. The number of anilines is 1. The Morgan fingerprint density at radius 2 is 1.11 bits per heavy atom. The second-order valence-corrected chi connectivity index (χ2v) is 12.4. The predicted molar refractivity (Wildman–Crippen MR) is 151 cm³/mol. The molecule has 0 aliphatic heterocycles. The fourth-order valence-electron chi connectivity index (χ4n) is 4.08. The molecule has 2 aromatic carbocycles. The zero-order chi connectivity index (χ0) is 26.1. The maximum Gasteiger partial charge on any atom is 0.269 e. The molecule has 0 aromatic heterocycles. The second-order valence-electron chi connectivity index (χ2n) is 9.39. The number of benzene rings is 2. The van der Waals surface area contributed by atoms with Gasteiger partial charge in [-0.2, -0.15) is 0 Å². The Bertz CT molecular complexity index is 978. The Morgan fingerprint density at radius 3 is 1.56 bits per heavy atom. The highest BCUT2D eigenvalue weighted by Gasteiger charge is 2.10. The summed E-state index contributed by atoms with van der Waals surface area (Å²) in [6.45, 7) is 2.25. The fraction of sp³-hybridized carbons (Fsp3) is 0.571. The van der Waals surface area contributed by atoms with Crippen molar-refractivity contribution < 1.29 is 13.3 Å². The Kier molecular flexibility index (Phi) is 14.6. The summed E-state index contributed by atoms with van der Waals surface area (Å²) in [5.41, 5.74) is 0.608. The van der Waals surface area contributed by atoms with E-state index >= 15 is 0 Å². The summed E-state index contributed by atoms with van der Waals surface area (Å²) in [6, 6.07) is 13.5. The molecule has 36 heavy (non-hydrogen) atoms. The Balaban J connectivity index is 1.55. The molecule has 0 bridgehead atoms. The summed E-state index contributed by atoms with van der Waals surface area (Å²) >= 11 is 1.47. The van der Waals surface area contributed by atoms with Gasteiger partial charge in [-0.25, -0.2) is 8.42 Å². The Hall–Kier alpha value is -2.06. The van der Waals surface area contributed by atoms with Crippen LogP contribution in [0.15, 0.2) is 58.3 Å². The van der Waals surface area contributed by atoms with Crippen LogP contribution in [-0.4, -0.2) is 19.1 Å². The van der Waals surface area contributed by atoms with Crippen LogP contribution in [0.1, 0.15) is 96.8 Å². The topological polar surface area (TPSA) is 89.3 Å². The first-order chi connectivity index (χ1) is 17.4. The van der Waals surface area contributed by atoms with Gasteiger partial charge in [-0.15, -0.1) is 0 Å². The molecule has 0 amide bonds. The molecule has 2 aromatic rings. The van der Waals surface area contributed by atoms with Gasteiger partial charge in [0.15, 0.2) is 0 Å². The molecule has 0 saturated heterocycles. The number of non-ortho nitro benzene ring substituents is 1. The van der Waals surface area contributed by atoms with Gasteiger partial charge in [0.25, 0.3) is 5.69 Å². The van der Waals surface area contributed by atoms with Gasteiger partial charge < -0.3 is 0 Å². The van der Waals surface area contributed by atoms with Gasteiger partial charge in [-0.3, -0.25) is 14.8 Å². The molecule has 8 heteroatoms. The zero-order valence-electron chi connectivity index (χ0n) is 21.6. The van der Waals surface area contributed by atoms with Crippen molar-refractivity contribution in [2.45, 2.75) is 107 Å². The first-order valence-corrected chi connectivity index (χ1v) is 15.9. The maximum atomic E-state index is 12.4. The number of nitrogens with one attached hydrogen (secondary N) is 1. The molecule has 2 rings (SSSR count). The lowest BCUT2D eigenvalue weighted by atomic mass is 10.0. The van der Waals surface area contributed by atoms with Crippen molar-refractivity contribution in [2.24, 2.45) is 0 Å². The van der Waals surface area contributed by atoms with Crippen molar-refractivity contribution in [3.8, 4) is 0 Å². The molecule has 0 aliphatic rings. The molecule has 0 spiro atoms. The molecule has 0 heterocycles. The third-order valence-corrected chi connectivity index (χ3v) is 8.57. The van der Waals surface area contributed by atoms with E-state index in [1.165, 1.54) is 94.5 Å². The summed E-state index contributed by atoms with van der Waals surface area (Å²) in [5.74, 6) is 0.143. The van der Waals surface area contributed by atoms with Crippen LogP contribution in [0.4, 0.5) is 11.4 Å². The standard InChI is InChI=1S/C28H42N2O4S2/c1-2-3-4-5-6-7-8-9-10-11-12-13-14-15-24-36(33,34)29-25-16-20-27(21-17-25)35-28-22-18-26(19-23-28)30(31)32/h16-23,29H,2-15,24H2,1H3. The predicted octanol–water partition coefficient (Wildman–Crippen LogP) is 8.97. The van der Waals surface area contributed by atoms with Crippen LogP contribution in [-0.2, 0) is 10.0 Å². The molecule has 0 saturated carbocycles. The highest BCUT2D eigenvalue weighted by molar-refractivity contribution is 7.99. The van der Waals surface area contributed by atoms with E-state index in [1.54, 1.807) is 24.3 Å². The molecule has 0 atom stereocenters. The van der Waals surface area contributed by atoms with Gasteiger partial charge in [-0.1, -0.05) is 102 Å². The van der Waals surface area contributed by atoms with Crippen molar-refractivity contribution in [3.05, 3.63) is 58.6 Å². The number of nitrogens with zero attached hydrogens (tertiary/aromatic N) is 1. The largest absolute Gasteiger partial charge is 0.284 e. The van der Waals surface area contributed by atoms with Crippen molar-refractivity contribution >= 4 is 33.2 Å². The molecule has 0 fully saturated rings. The van der Waals surface area contributed by atoms with Crippen LogP contribution in [0.2, 0.25) is 0 Å². The van der Waals surface area contributed by atoms with Crippen LogP contribution < -0.4 is 4.72 Å². The lowest BCUT2D eigenvalue weighted by Gasteiger charge is -2.09. The van der Waals surface area contributed by atoms with E-state index in [1.807, 2.05) is 12.1 Å². The first-order valence-electron chi connectivity index (χ1n) is 13.4. The molecule has 200 valence electrons. The van der Waals surface area contributed by atoms with Crippen molar-refractivity contribution in [1.82, 2.24) is 0 Å². The van der Waals surface area contributed by atoms with Crippen molar-refractivity contribution in [3.63, 3.8) is 0 Å². The molecule has 1 N–H and O–H groups in total. The molecule has 0 radical (unpaired) electrons. The molecular weight excluding hydrogens is 492 g/mol. The van der Waals surface area contributed by atoms with Gasteiger partial charge >= 0.3 is 0 Å². The zero-order valence-corrected chi connectivity index (χ0v) is 23.3. The summed E-state index contributed by atoms with van der Waals surface area (Å²) in [4.78, 5) is 12.1. The van der Waals surface area contributed by atoms with Crippen LogP contribution >= 0.6 is 11.8 Å². The van der Waals surface area contributed by atoms with Crippen LogP contribution in [0.3, 0.4) is 0 Å². The lowest BCUT2D eigenvalue weighted by Crippen LogP contribution is -2.16. The second kappa shape index (κ2) is 17.4. The van der Waals surface area contributed by atoms with Gasteiger partial charge in [0.1, 0.15) is 0 Å². The third kappa shape index (κ3) is 13.3. The van der Waals surface area contributed by atoms with Crippen LogP contribution in [0, 0.1) is 10.1 Å². The minimum atomic E-state index is -3.36. The Labute approximate surface area is 221 Å². The van der Waals surface area contributed by atoms with Gasteiger partial charge in [0.2, 0.25) is 10.0 Å². The molecular formula is C28H42N2O4S2. The normalized spacial score (nSPS) is 11.5. The van der Waals surface area contributed by atoms with E-state index < -0.39 is 14.9 Å². The van der Waals surface area contributed by atoms with Crippen LogP contribution in [0.5, 0.6) is 0 Å². The van der Waals surface area contributed by atoms with Gasteiger partial charge in [0, 0.05) is 27.6 Å². The third-order valence-electron chi connectivity index (χ3n) is 6.18. The Morgan fingerprint density at radius 1 is 0.694 bits per heavy atom. The average molecular weight is 535 g/mol. The minimum Gasteiger partial charge on any atom is -0.284 e. The summed E-state index contributed by atoms with van der Waals surface area (Å²) in [6.07, 6.45) is 17.4. The summed E-state index contributed by atoms with van der Waals surface area (Å²) in [5, 5.41) is 10.8. The lowest BCUT2D eigenvalue weighted by molar-refractivity contribution is -0.384. The van der Waals surface area contributed by atoms with E-state index in [0.29, 0.717) is 12.1 Å². The van der Waals surface area contributed by atoms with Crippen molar-refractivity contribution in [1.29, 1.82) is 0 Å². The average Bonchev–Trinajstić information content (AvgIpc) is 2.85. The minimum absolute atomic E-state index is 0.0582.